The van der Waals surface area contributed by atoms with Crippen molar-refractivity contribution in [3.05, 3.63) is 0 Å². The Balaban J connectivity index is 1.80. The molecule has 0 aromatic rings. The Morgan fingerprint density at radius 1 is 1.16 bits per heavy atom. The molecule has 1 unspecified atom stereocenters. The summed E-state index contributed by atoms with van der Waals surface area (Å²) in [7, 11) is 0. The third-order valence-electron chi connectivity index (χ3n) is 4.65. The quantitative estimate of drug-likeness (QED) is 0.764. The molecule has 1 atom stereocenters. The van der Waals surface area contributed by atoms with Gasteiger partial charge in [-0.05, 0) is 25.7 Å². The molecule has 2 amide bonds. The van der Waals surface area contributed by atoms with Crippen LogP contribution in [-0.4, -0.2) is 48.1 Å². The highest BCUT2D eigenvalue weighted by Gasteiger charge is 2.48. The van der Waals surface area contributed by atoms with E-state index in [1.165, 1.54) is 0 Å². The third-order valence-corrected chi connectivity index (χ3v) is 4.65. The summed E-state index contributed by atoms with van der Waals surface area (Å²) in [6.07, 6.45) is 6.74. The lowest BCUT2D eigenvalue weighted by molar-refractivity contribution is -0.156. The van der Waals surface area contributed by atoms with Gasteiger partial charge in [-0.3, -0.25) is 9.59 Å². The van der Waals surface area contributed by atoms with E-state index in [1.807, 2.05) is 0 Å². The van der Waals surface area contributed by atoms with E-state index in [2.05, 4.69) is 5.32 Å². The van der Waals surface area contributed by atoms with Gasteiger partial charge in [0, 0.05) is 6.61 Å². The Kier molecular flexibility index (Phi) is 3.48. The first-order chi connectivity index (χ1) is 9.21. The number of amides is 2. The van der Waals surface area contributed by atoms with Crippen LogP contribution in [0.15, 0.2) is 0 Å². The lowest BCUT2D eigenvalue weighted by Crippen LogP contribution is -2.69. The normalized spacial score (nSPS) is 31.4. The zero-order valence-electron chi connectivity index (χ0n) is 11.3. The van der Waals surface area contributed by atoms with Gasteiger partial charge in [0.2, 0.25) is 11.8 Å². The van der Waals surface area contributed by atoms with Crippen molar-refractivity contribution >= 4 is 11.8 Å². The Hall–Kier alpha value is -1.10. The minimum absolute atomic E-state index is 0.00734. The molecule has 3 aliphatic rings. The van der Waals surface area contributed by atoms with Gasteiger partial charge in [0.15, 0.2) is 0 Å². The zero-order chi connectivity index (χ0) is 13.3. The summed E-state index contributed by atoms with van der Waals surface area (Å²) in [5, 5.41) is 2.98. The maximum Gasteiger partial charge on any atom is 0.249 e. The van der Waals surface area contributed by atoms with Crippen LogP contribution in [0.2, 0.25) is 0 Å². The Bertz CT molecular complexity index is 371. The lowest BCUT2D eigenvalue weighted by atomic mass is 9.79. The van der Waals surface area contributed by atoms with E-state index in [1.54, 1.807) is 4.90 Å². The number of nitrogens with one attached hydrogen (secondary N) is 1. The van der Waals surface area contributed by atoms with E-state index in [9.17, 15) is 9.59 Å². The smallest absolute Gasteiger partial charge is 0.249 e. The zero-order valence-corrected chi connectivity index (χ0v) is 11.3. The number of piperazine rings is 1. The molecule has 5 heteroatoms. The van der Waals surface area contributed by atoms with Crippen LogP contribution < -0.4 is 5.32 Å². The Labute approximate surface area is 113 Å². The van der Waals surface area contributed by atoms with Gasteiger partial charge in [0.25, 0.3) is 0 Å². The van der Waals surface area contributed by atoms with Gasteiger partial charge in [0.05, 0.1) is 12.6 Å². The standard InChI is InChI=1S/C14H22N2O3/c17-12-9-16(11-5-4-8-19-10-11)13(18)14(15-12)6-2-1-3-7-14/h11H,1-10H2,(H,15,17). The van der Waals surface area contributed by atoms with Crippen LogP contribution in [0, 0.1) is 0 Å². The molecular formula is C14H22N2O3. The molecule has 2 heterocycles. The molecule has 3 fully saturated rings. The second-order valence-electron chi connectivity index (χ2n) is 5.99. The van der Waals surface area contributed by atoms with Crippen molar-refractivity contribution in [3.63, 3.8) is 0 Å². The van der Waals surface area contributed by atoms with Gasteiger partial charge in [-0.15, -0.1) is 0 Å². The van der Waals surface area contributed by atoms with Gasteiger partial charge < -0.3 is 15.0 Å². The third kappa shape index (κ3) is 2.36. The minimum atomic E-state index is -0.606. The van der Waals surface area contributed by atoms with E-state index in [-0.39, 0.29) is 24.4 Å². The first-order valence-corrected chi connectivity index (χ1v) is 7.41. The molecule has 106 valence electrons. The van der Waals surface area contributed by atoms with Crippen molar-refractivity contribution in [2.75, 3.05) is 19.8 Å². The summed E-state index contributed by atoms with van der Waals surface area (Å²) in [5.41, 5.74) is -0.606. The SMILES string of the molecule is O=C1CN(C2CCCOC2)C(=O)C2(CCCCC2)N1. The van der Waals surface area contributed by atoms with Crippen LogP contribution >= 0.6 is 0 Å². The second-order valence-corrected chi connectivity index (χ2v) is 5.99. The fraction of sp³-hybridized carbons (Fsp3) is 0.857. The van der Waals surface area contributed by atoms with Crippen molar-refractivity contribution in [3.8, 4) is 0 Å². The van der Waals surface area contributed by atoms with Crippen molar-refractivity contribution in [2.45, 2.75) is 56.5 Å². The van der Waals surface area contributed by atoms with Crippen molar-refractivity contribution < 1.29 is 14.3 Å². The summed E-state index contributed by atoms with van der Waals surface area (Å²) in [6.45, 7) is 1.56. The number of carbonyl (C=O) groups excluding carboxylic acids is 2. The average molecular weight is 266 g/mol. The monoisotopic (exact) mass is 266 g/mol. The highest BCUT2D eigenvalue weighted by Crippen LogP contribution is 2.33. The van der Waals surface area contributed by atoms with E-state index >= 15 is 0 Å². The van der Waals surface area contributed by atoms with E-state index in [4.69, 9.17) is 4.74 Å². The fourth-order valence-electron chi connectivity index (χ4n) is 3.62. The topological polar surface area (TPSA) is 58.6 Å². The van der Waals surface area contributed by atoms with Gasteiger partial charge in [-0.2, -0.15) is 0 Å². The molecule has 1 aliphatic carbocycles. The largest absolute Gasteiger partial charge is 0.379 e. The number of hydrogen-bond acceptors (Lipinski definition) is 3. The molecule has 19 heavy (non-hydrogen) atoms. The molecule has 3 rings (SSSR count). The molecule has 0 aromatic carbocycles. The maximum absolute atomic E-state index is 12.8. The predicted octanol–water partition coefficient (Wildman–Crippen LogP) is 0.827. The van der Waals surface area contributed by atoms with Gasteiger partial charge >= 0.3 is 0 Å². The Morgan fingerprint density at radius 2 is 1.95 bits per heavy atom. The molecule has 1 N–H and O–H groups in total. The van der Waals surface area contributed by atoms with Crippen LogP contribution in [0.25, 0.3) is 0 Å². The van der Waals surface area contributed by atoms with E-state index in [0.717, 1.165) is 51.6 Å². The first-order valence-electron chi connectivity index (χ1n) is 7.41. The summed E-state index contributed by atoms with van der Waals surface area (Å²) in [4.78, 5) is 26.6. The Morgan fingerprint density at radius 3 is 2.63 bits per heavy atom. The molecule has 0 bridgehead atoms. The number of carbonyl (C=O) groups is 2. The van der Waals surface area contributed by atoms with Crippen LogP contribution in [0.3, 0.4) is 0 Å². The van der Waals surface area contributed by atoms with Gasteiger partial charge in [-0.25, -0.2) is 0 Å². The minimum Gasteiger partial charge on any atom is -0.379 e. The molecule has 1 saturated carbocycles. The van der Waals surface area contributed by atoms with Gasteiger partial charge in [0.1, 0.15) is 12.1 Å². The predicted molar refractivity (Wildman–Crippen MR) is 69.5 cm³/mol. The van der Waals surface area contributed by atoms with Crippen molar-refractivity contribution in [1.82, 2.24) is 10.2 Å². The molecular weight excluding hydrogens is 244 g/mol. The molecule has 1 spiro atoms. The van der Waals surface area contributed by atoms with Crippen molar-refractivity contribution in [2.24, 2.45) is 0 Å². The van der Waals surface area contributed by atoms with E-state index in [0.29, 0.717) is 6.61 Å². The molecule has 5 nitrogen and oxygen atoms in total. The average Bonchev–Trinajstić information content (AvgIpc) is 2.45. The van der Waals surface area contributed by atoms with Crippen LogP contribution in [-0.2, 0) is 14.3 Å². The van der Waals surface area contributed by atoms with Gasteiger partial charge in [-0.1, -0.05) is 19.3 Å². The van der Waals surface area contributed by atoms with Crippen LogP contribution in [0.4, 0.5) is 0 Å². The number of hydrogen-bond donors (Lipinski definition) is 1. The maximum atomic E-state index is 12.8. The van der Waals surface area contributed by atoms with Crippen LogP contribution in [0.5, 0.6) is 0 Å². The molecule has 0 radical (unpaired) electrons. The summed E-state index contributed by atoms with van der Waals surface area (Å²) in [5.74, 6) is 0.120. The first kappa shape index (κ1) is 12.9. The number of rotatable bonds is 1. The second kappa shape index (κ2) is 5.12. The highest BCUT2D eigenvalue weighted by atomic mass is 16.5. The molecule has 2 saturated heterocycles. The summed E-state index contributed by atoms with van der Waals surface area (Å²) in [6, 6.07) is 0.0890. The number of nitrogens with zero attached hydrogens (tertiary/aromatic N) is 1. The summed E-state index contributed by atoms with van der Waals surface area (Å²) < 4.78 is 5.47. The molecule has 0 aromatic heterocycles. The van der Waals surface area contributed by atoms with E-state index < -0.39 is 5.54 Å². The number of ether oxygens (including phenoxy) is 1. The summed E-state index contributed by atoms with van der Waals surface area (Å²) >= 11 is 0. The fourth-order valence-corrected chi connectivity index (χ4v) is 3.62. The lowest BCUT2D eigenvalue weighted by Gasteiger charge is -2.47. The van der Waals surface area contributed by atoms with Crippen molar-refractivity contribution in [1.29, 1.82) is 0 Å². The molecule has 2 aliphatic heterocycles. The highest BCUT2D eigenvalue weighted by molar-refractivity contribution is 5.98. The van der Waals surface area contributed by atoms with Crippen LogP contribution in [0.1, 0.15) is 44.9 Å².